The van der Waals surface area contributed by atoms with Gasteiger partial charge in [-0.2, -0.15) is 0 Å². The van der Waals surface area contributed by atoms with Crippen LogP contribution in [0.5, 0.6) is 0 Å². The topological polar surface area (TPSA) is 56.7 Å². The zero-order valence-corrected chi connectivity index (χ0v) is 20.2. The summed E-state index contributed by atoms with van der Waals surface area (Å²) < 4.78 is 27.2. The zero-order valence-electron chi connectivity index (χ0n) is 17.8. The van der Waals surface area contributed by atoms with E-state index < -0.39 is 11.6 Å². The van der Waals surface area contributed by atoms with Gasteiger partial charge in [-0.1, -0.05) is 24.3 Å². The third-order valence-electron chi connectivity index (χ3n) is 5.25. The highest BCUT2D eigenvalue weighted by atomic mass is 127. The summed E-state index contributed by atoms with van der Waals surface area (Å²) in [6, 6.07) is 12.0. The first kappa shape index (κ1) is 25.0. The van der Waals surface area contributed by atoms with Crippen LogP contribution in [0.1, 0.15) is 23.1 Å². The SMILES string of the molecule is CN(C)C(=O)CN=C(NCCc1cc(F)ccc1F)NC1CCc2ccccc2C1.I. The maximum Gasteiger partial charge on any atom is 0.243 e. The molecule has 1 aliphatic carbocycles. The third-order valence-corrected chi connectivity index (χ3v) is 5.25. The Balaban J connectivity index is 0.00000341. The molecule has 5 nitrogen and oxygen atoms in total. The molecule has 0 aromatic heterocycles. The van der Waals surface area contributed by atoms with Gasteiger partial charge in [0.25, 0.3) is 0 Å². The number of benzene rings is 2. The quantitative estimate of drug-likeness (QED) is 0.335. The van der Waals surface area contributed by atoms with E-state index in [1.807, 2.05) is 6.07 Å². The van der Waals surface area contributed by atoms with E-state index in [1.165, 1.54) is 22.1 Å². The van der Waals surface area contributed by atoms with E-state index in [0.29, 0.717) is 24.5 Å². The van der Waals surface area contributed by atoms with Gasteiger partial charge in [0, 0.05) is 26.7 Å². The van der Waals surface area contributed by atoms with Crippen molar-refractivity contribution in [3.63, 3.8) is 0 Å². The van der Waals surface area contributed by atoms with Gasteiger partial charge in [0.2, 0.25) is 5.91 Å². The lowest BCUT2D eigenvalue weighted by Gasteiger charge is -2.27. The Morgan fingerprint density at radius 3 is 2.65 bits per heavy atom. The van der Waals surface area contributed by atoms with Crippen LogP contribution in [-0.2, 0) is 24.1 Å². The molecule has 0 bridgehead atoms. The van der Waals surface area contributed by atoms with Gasteiger partial charge in [0.15, 0.2) is 5.96 Å². The van der Waals surface area contributed by atoms with E-state index in [1.54, 1.807) is 14.1 Å². The Morgan fingerprint density at radius 2 is 1.90 bits per heavy atom. The van der Waals surface area contributed by atoms with Crippen LogP contribution in [0.25, 0.3) is 0 Å². The highest BCUT2D eigenvalue weighted by molar-refractivity contribution is 14.0. The van der Waals surface area contributed by atoms with Crippen molar-refractivity contribution < 1.29 is 13.6 Å². The lowest BCUT2D eigenvalue weighted by atomic mass is 9.88. The maximum atomic E-state index is 13.9. The Hall–Kier alpha value is -2.23. The zero-order chi connectivity index (χ0) is 21.5. The molecule has 0 spiro atoms. The summed E-state index contributed by atoms with van der Waals surface area (Å²) in [5, 5.41) is 6.56. The second kappa shape index (κ2) is 12.0. The van der Waals surface area contributed by atoms with Crippen LogP contribution >= 0.6 is 24.0 Å². The van der Waals surface area contributed by atoms with Gasteiger partial charge >= 0.3 is 0 Å². The first-order valence-corrected chi connectivity index (χ1v) is 10.2. The van der Waals surface area contributed by atoms with Crippen molar-refractivity contribution in [1.29, 1.82) is 0 Å². The predicted molar refractivity (Wildman–Crippen MR) is 130 cm³/mol. The fourth-order valence-corrected chi connectivity index (χ4v) is 3.51. The molecule has 2 aromatic rings. The van der Waals surface area contributed by atoms with Crippen molar-refractivity contribution >= 4 is 35.8 Å². The lowest BCUT2D eigenvalue weighted by Crippen LogP contribution is -2.46. The minimum absolute atomic E-state index is 0. The first-order chi connectivity index (χ1) is 14.4. The molecule has 8 heteroatoms. The van der Waals surface area contributed by atoms with Crippen LogP contribution in [0.15, 0.2) is 47.5 Å². The van der Waals surface area contributed by atoms with Crippen molar-refractivity contribution in [3.05, 3.63) is 70.8 Å². The highest BCUT2D eigenvalue weighted by Crippen LogP contribution is 2.21. The molecule has 1 amide bonds. The van der Waals surface area contributed by atoms with Crippen LogP contribution in [0.3, 0.4) is 0 Å². The van der Waals surface area contributed by atoms with E-state index in [4.69, 9.17) is 0 Å². The van der Waals surface area contributed by atoms with E-state index >= 15 is 0 Å². The molecule has 0 heterocycles. The molecule has 0 radical (unpaired) electrons. The van der Waals surface area contributed by atoms with Gasteiger partial charge in [0.1, 0.15) is 18.2 Å². The molecular formula is C23H29F2IN4O. The second-order valence-corrected chi connectivity index (χ2v) is 7.72. The number of likely N-dealkylation sites (N-methyl/N-ethyl adjacent to an activating group) is 1. The van der Waals surface area contributed by atoms with Crippen LogP contribution in [0, 0.1) is 11.6 Å². The molecule has 1 unspecified atom stereocenters. The number of nitrogens with one attached hydrogen (secondary N) is 2. The van der Waals surface area contributed by atoms with Gasteiger partial charge in [0.05, 0.1) is 0 Å². The van der Waals surface area contributed by atoms with Gasteiger partial charge in [-0.3, -0.25) is 4.79 Å². The number of hydrogen-bond acceptors (Lipinski definition) is 2. The molecule has 168 valence electrons. The van der Waals surface area contributed by atoms with E-state index in [0.717, 1.165) is 31.4 Å². The van der Waals surface area contributed by atoms with Gasteiger partial charge in [-0.05, 0) is 60.6 Å². The number of carbonyl (C=O) groups excluding carboxylic acids is 1. The number of halogens is 3. The summed E-state index contributed by atoms with van der Waals surface area (Å²) in [5.41, 5.74) is 2.98. The van der Waals surface area contributed by atoms with Crippen molar-refractivity contribution in [1.82, 2.24) is 15.5 Å². The van der Waals surface area contributed by atoms with E-state index in [2.05, 4.69) is 33.8 Å². The number of rotatable bonds is 6. The van der Waals surface area contributed by atoms with Crippen molar-refractivity contribution in [2.24, 2.45) is 4.99 Å². The fraction of sp³-hybridized carbons (Fsp3) is 0.391. The molecule has 2 N–H and O–H groups in total. The molecule has 31 heavy (non-hydrogen) atoms. The number of nitrogens with zero attached hydrogens (tertiary/aromatic N) is 2. The summed E-state index contributed by atoms with van der Waals surface area (Å²) in [4.78, 5) is 17.8. The summed E-state index contributed by atoms with van der Waals surface area (Å²) in [6.45, 7) is 0.381. The Bertz CT molecular complexity index is 920. The van der Waals surface area contributed by atoms with Gasteiger partial charge in [-0.15, -0.1) is 24.0 Å². The molecule has 0 aliphatic heterocycles. The van der Waals surface area contributed by atoms with Crippen LogP contribution in [0.2, 0.25) is 0 Å². The smallest absolute Gasteiger partial charge is 0.243 e. The second-order valence-electron chi connectivity index (χ2n) is 7.72. The molecule has 0 saturated carbocycles. The van der Waals surface area contributed by atoms with Crippen LogP contribution in [0.4, 0.5) is 8.78 Å². The number of fused-ring (bicyclic) bond motifs is 1. The minimum Gasteiger partial charge on any atom is -0.356 e. The number of aryl methyl sites for hydroxylation is 1. The third kappa shape index (κ3) is 7.45. The molecule has 0 saturated heterocycles. The summed E-state index contributed by atoms with van der Waals surface area (Å²) in [7, 11) is 3.37. The number of hydrogen-bond donors (Lipinski definition) is 2. The summed E-state index contributed by atoms with van der Waals surface area (Å²) in [5.74, 6) is -0.500. The fourth-order valence-electron chi connectivity index (χ4n) is 3.51. The van der Waals surface area contributed by atoms with Gasteiger partial charge in [-0.25, -0.2) is 13.8 Å². The number of amides is 1. The van der Waals surface area contributed by atoms with Gasteiger partial charge < -0.3 is 15.5 Å². The standard InChI is InChI=1S/C23H28F2N4O.HI/c1-29(2)22(30)15-27-23(26-12-11-18-13-19(24)8-10-21(18)25)28-20-9-7-16-5-3-4-6-17(16)14-20;/h3-6,8,10,13,20H,7,9,11-12,14-15H2,1-2H3,(H2,26,27,28);1H. The number of aliphatic imine (C=N–C) groups is 1. The van der Waals surface area contributed by atoms with E-state index in [9.17, 15) is 13.6 Å². The Kier molecular flexibility index (Phi) is 9.67. The van der Waals surface area contributed by atoms with E-state index in [-0.39, 0.29) is 42.5 Å². The first-order valence-electron chi connectivity index (χ1n) is 10.2. The maximum absolute atomic E-state index is 13.9. The molecule has 2 aromatic carbocycles. The summed E-state index contributed by atoms with van der Waals surface area (Å²) in [6.07, 6.45) is 3.11. The van der Waals surface area contributed by atoms with Crippen LogP contribution < -0.4 is 10.6 Å². The molecule has 1 atom stereocenters. The minimum atomic E-state index is -0.462. The Morgan fingerprint density at radius 1 is 1.16 bits per heavy atom. The van der Waals surface area contributed by atoms with Crippen molar-refractivity contribution in [3.8, 4) is 0 Å². The largest absolute Gasteiger partial charge is 0.356 e. The summed E-state index contributed by atoms with van der Waals surface area (Å²) >= 11 is 0. The average Bonchev–Trinajstić information content (AvgIpc) is 2.73. The number of carbonyl (C=O) groups is 1. The van der Waals surface area contributed by atoms with Crippen molar-refractivity contribution in [2.75, 3.05) is 27.2 Å². The highest BCUT2D eigenvalue weighted by Gasteiger charge is 2.19. The normalized spacial score (nSPS) is 15.5. The molecule has 3 rings (SSSR count). The molecule has 1 aliphatic rings. The molecule has 0 fully saturated rings. The molecular weight excluding hydrogens is 513 g/mol. The average molecular weight is 542 g/mol. The Labute approximate surface area is 199 Å². The number of guanidine groups is 1. The van der Waals surface area contributed by atoms with Crippen molar-refractivity contribution in [2.45, 2.75) is 31.7 Å². The lowest BCUT2D eigenvalue weighted by molar-refractivity contribution is -0.127. The van der Waals surface area contributed by atoms with Crippen LogP contribution in [-0.4, -0.2) is 50.0 Å². The predicted octanol–water partition coefficient (Wildman–Crippen LogP) is 3.31. The monoisotopic (exact) mass is 542 g/mol.